The van der Waals surface area contributed by atoms with Crippen LogP contribution >= 0.6 is 11.3 Å². The van der Waals surface area contributed by atoms with Crippen LogP contribution in [0.5, 0.6) is 5.75 Å². The molecule has 1 N–H and O–H groups in total. The van der Waals surface area contributed by atoms with Crippen molar-refractivity contribution < 1.29 is 27.1 Å². The van der Waals surface area contributed by atoms with Crippen LogP contribution < -0.4 is 9.46 Å². The number of sulfonamides is 1. The molecule has 42 heavy (non-hydrogen) atoms. The van der Waals surface area contributed by atoms with Crippen molar-refractivity contribution in [2.24, 2.45) is 0 Å². The molecule has 1 aromatic heterocycles. The third kappa shape index (κ3) is 6.72. The lowest BCUT2D eigenvalue weighted by Gasteiger charge is -2.40. The Balaban J connectivity index is 1.46. The molecule has 2 aliphatic rings. The molecule has 226 valence electrons. The number of halogens is 1. The first kappa shape index (κ1) is 30.3. The van der Waals surface area contributed by atoms with Crippen molar-refractivity contribution in [3.63, 3.8) is 0 Å². The number of ether oxygens (including phenoxy) is 2. The van der Waals surface area contributed by atoms with E-state index in [9.17, 15) is 17.6 Å². The SMILES string of the molecule is CC(C)(C)OC(=O)N1CCC(c2cc(CF)ccc2C2CC(C)(C)Oc3cc(S(=O)(=O)Nc4nccs4)ccc32)CC1. The van der Waals surface area contributed by atoms with E-state index in [0.29, 0.717) is 36.0 Å². The molecule has 3 heterocycles. The lowest BCUT2D eigenvalue weighted by molar-refractivity contribution is 0.0204. The second-order valence-electron chi connectivity index (χ2n) is 12.6. The molecule has 0 radical (unpaired) electrons. The van der Waals surface area contributed by atoms with Crippen LogP contribution in [0.2, 0.25) is 0 Å². The fraction of sp³-hybridized carbons (Fsp3) is 0.484. The van der Waals surface area contributed by atoms with E-state index in [1.165, 1.54) is 11.3 Å². The monoisotopic (exact) mass is 615 g/mol. The van der Waals surface area contributed by atoms with Gasteiger partial charge in [-0.1, -0.05) is 24.3 Å². The molecule has 5 rings (SSSR count). The summed E-state index contributed by atoms with van der Waals surface area (Å²) in [6.45, 7) is 10.1. The molecule has 0 aliphatic carbocycles. The number of alkyl halides is 1. The quantitative estimate of drug-likeness (QED) is 0.314. The zero-order chi connectivity index (χ0) is 30.3. The molecular formula is C31H38FN3O5S2. The van der Waals surface area contributed by atoms with Gasteiger partial charge in [-0.3, -0.25) is 4.72 Å². The third-order valence-electron chi connectivity index (χ3n) is 7.67. The number of hydrogen-bond acceptors (Lipinski definition) is 7. The van der Waals surface area contributed by atoms with E-state index in [0.717, 1.165) is 29.5 Å². The molecule has 3 aromatic rings. The molecule has 1 atom stereocenters. The second-order valence-corrected chi connectivity index (χ2v) is 15.2. The number of amides is 1. The Hall–Kier alpha value is -3.18. The number of carbonyl (C=O) groups is 1. The van der Waals surface area contributed by atoms with Gasteiger partial charge in [0, 0.05) is 42.2 Å². The first-order chi connectivity index (χ1) is 19.7. The van der Waals surface area contributed by atoms with E-state index >= 15 is 0 Å². The highest BCUT2D eigenvalue weighted by Crippen LogP contribution is 2.48. The number of benzene rings is 2. The topological polar surface area (TPSA) is 97.8 Å². The minimum atomic E-state index is -3.86. The maximum Gasteiger partial charge on any atom is 0.410 e. The largest absolute Gasteiger partial charge is 0.487 e. The maximum atomic E-state index is 13.9. The van der Waals surface area contributed by atoms with Crippen LogP contribution in [0.3, 0.4) is 0 Å². The Kier molecular flexibility index (Phi) is 8.28. The Morgan fingerprint density at radius 1 is 1.14 bits per heavy atom. The van der Waals surface area contributed by atoms with Gasteiger partial charge in [0.15, 0.2) is 5.13 Å². The van der Waals surface area contributed by atoms with Gasteiger partial charge in [0.2, 0.25) is 0 Å². The molecule has 2 aromatic carbocycles. The minimum Gasteiger partial charge on any atom is -0.487 e. The van der Waals surface area contributed by atoms with Crippen LogP contribution in [0.25, 0.3) is 0 Å². The Morgan fingerprint density at radius 3 is 2.50 bits per heavy atom. The smallest absolute Gasteiger partial charge is 0.410 e. The van der Waals surface area contributed by atoms with Crippen LogP contribution in [0, 0.1) is 0 Å². The number of hydrogen-bond donors (Lipinski definition) is 1. The van der Waals surface area contributed by atoms with Gasteiger partial charge in [0.1, 0.15) is 23.6 Å². The number of fused-ring (bicyclic) bond motifs is 1. The van der Waals surface area contributed by atoms with Crippen molar-refractivity contribution in [2.75, 3.05) is 17.8 Å². The zero-order valence-corrected chi connectivity index (χ0v) is 26.3. The number of rotatable bonds is 6. The summed E-state index contributed by atoms with van der Waals surface area (Å²) < 4.78 is 54.5. The normalized spacial score (nSPS) is 19.1. The number of aromatic nitrogens is 1. The molecule has 1 unspecified atom stereocenters. The molecule has 1 amide bonds. The van der Waals surface area contributed by atoms with Crippen molar-refractivity contribution in [1.82, 2.24) is 9.88 Å². The number of nitrogens with one attached hydrogen (secondary N) is 1. The van der Waals surface area contributed by atoms with Gasteiger partial charge in [-0.25, -0.2) is 22.6 Å². The van der Waals surface area contributed by atoms with Gasteiger partial charge < -0.3 is 14.4 Å². The van der Waals surface area contributed by atoms with Crippen LogP contribution in [-0.4, -0.2) is 48.7 Å². The number of carbonyl (C=O) groups excluding carboxylic acids is 1. The molecule has 0 saturated carbocycles. The van der Waals surface area contributed by atoms with E-state index in [4.69, 9.17) is 9.47 Å². The van der Waals surface area contributed by atoms with Gasteiger partial charge in [0.25, 0.3) is 10.0 Å². The highest BCUT2D eigenvalue weighted by atomic mass is 32.2. The van der Waals surface area contributed by atoms with E-state index in [1.807, 2.05) is 58.9 Å². The summed E-state index contributed by atoms with van der Waals surface area (Å²) in [5, 5.41) is 2.00. The second kappa shape index (κ2) is 11.5. The molecule has 8 nitrogen and oxygen atoms in total. The van der Waals surface area contributed by atoms with Crippen molar-refractivity contribution in [2.45, 2.75) is 88.5 Å². The highest BCUT2D eigenvalue weighted by Gasteiger charge is 2.38. The van der Waals surface area contributed by atoms with Gasteiger partial charge in [-0.2, -0.15) is 0 Å². The molecule has 0 spiro atoms. The fourth-order valence-electron chi connectivity index (χ4n) is 5.80. The predicted octanol–water partition coefficient (Wildman–Crippen LogP) is 7.22. The van der Waals surface area contributed by atoms with Gasteiger partial charge >= 0.3 is 6.09 Å². The maximum absolute atomic E-state index is 13.9. The van der Waals surface area contributed by atoms with E-state index in [2.05, 4.69) is 9.71 Å². The number of likely N-dealkylation sites (tertiary alicyclic amines) is 1. The molecule has 2 aliphatic heterocycles. The van der Waals surface area contributed by atoms with Crippen LogP contribution in [0.4, 0.5) is 14.3 Å². The molecule has 11 heteroatoms. The fourth-order valence-corrected chi connectivity index (χ4v) is 7.61. The average molecular weight is 616 g/mol. The summed E-state index contributed by atoms with van der Waals surface area (Å²) in [5.41, 5.74) is 2.53. The molecular weight excluding hydrogens is 577 g/mol. The number of anilines is 1. The molecule has 1 fully saturated rings. The summed E-state index contributed by atoms with van der Waals surface area (Å²) in [6, 6.07) is 10.8. The van der Waals surface area contributed by atoms with Crippen molar-refractivity contribution in [1.29, 1.82) is 0 Å². The molecule has 1 saturated heterocycles. The van der Waals surface area contributed by atoms with Crippen LogP contribution in [-0.2, 0) is 21.4 Å². The number of nitrogens with zero attached hydrogens (tertiary/aromatic N) is 2. The van der Waals surface area contributed by atoms with Gasteiger partial charge in [-0.05, 0) is 82.6 Å². The Bertz CT molecular complexity index is 1540. The van der Waals surface area contributed by atoms with Crippen molar-refractivity contribution >= 4 is 32.6 Å². The molecule has 0 bridgehead atoms. The first-order valence-corrected chi connectivity index (χ1v) is 16.5. The van der Waals surface area contributed by atoms with Crippen LogP contribution in [0.15, 0.2) is 52.9 Å². The summed E-state index contributed by atoms with van der Waals surface area (Å²) >= 11 is 1.20. The van der Waals surface area contributed by atoms with E-state index < -0.39 is 27.9 Å². The Morgan fingerprint density at radius 2 is 1.86 bits per heavy atom. The summed E-state index contributed by atoms with van der Waals surface area (Å²) in [7, 11) is -3.86. The number of thiazole rings is 1. The lowest BCUT2D eigenvalue weighted by atomic mass is 9.75. The first-order valence-electron chi connectivity index (χ1n) is 14.2. The van der Waals surface area contributed by atoms with Gasteiger partial charge in [0.05, 0.1) is 4.90 Å². The van der Waals surface area contributed by atoms with Crippen LogP contribution in [0.1, 0.15) is 88.0 Å². The van der Waals surface area contributed by atoms with Crippen molar-refractivity contribution in [3.05, 3.63) is 70.2 Å². The summed E-state index contributed by atoms with van der Waals surface area (Å²) in [6.07, 6.45) is 3.37. The van der Waals surface area contributed by atoms with Crippen molar-refractivity contribution in [3.8, 4) is 5.75 Å². The van der Waals surface area contributed by atoms with E-state index in [1.54, 1.807) is 28.6 Å². The predicted molar refractivity (Wildman–Crippen MR) is 162 cm³/mol. The summed E-state index contributed by atoms with van der Waals surface area (Å²) in [4.78, 5) is 18.5. The summed E-state index contributed by atoms with van der Waals surface area (Å²) in [5.74, 6) is 0.570. The average Bonchev–Trinajstić information content (AvgIpc) is 3.43. The standard InChI is InChI=1S/C31H38FN3O5S2/c1-30(2,3)40-29(36)35-13-10-21(11-14-35)25-16-20(19-32)6-8-23(25)26-18-31(4,5)39-27-17-22(7-9-24(26)27)42(37,38)34-28-33-12-15-41-28/h6-9,12,15-17,21,26H,10-11,13-14,18-19H2,1-5H3,(H,33,34). The number of piperidine rings is 1. The Labute approximate surface area is 251 Å². The highest BCUT2D eigenvalue weighted by molar-refractivity contribution is 7.93. The zero-order valence-electron chi connectivity index (χ0n) is 24.6. The third-order valence-corrected chi connectivity index (χ3v) is 9.83. The van der Waals surface area contributed by atoms with Gasteiger partial charge in [-0.15, -0.1) is 11.3 Å². The lowest BCUT2D eigenvalue weighted by Crippen LogP contribution is -2.41. The minimum absolute atomic E-state index is 0.0834. The van der Waals surface area contributed by atoms with E-state index in [-0.39, 0.29) is 22.8 Å².